The summed E-state index contributed by atoms with van der Waals surface area (Å²) in [5, 5.41) is 20.6. The Morgan fingerprint density at radius 1 is 1.07 bits per heavy atom. The van der Waals surface area contributed by atoms with Crippen molar-refractivity contribution in [2.75, 3.05) is 12.9 Å². The van der Waals surface area contributed by atoms with E-state index in [1.807, 2.05) is 78.4 Å². The largest absolute Gasteiger partial charge is 0.497 e. The molecule has 0 aliphatic carbocycles. The van der Waals surface area contributed by atoms with E-state index in [0.29, 0.717) is 17.4 Å². The number of carbonyl (C=O) groups excluding carboxylic acids is 2. The summed E-state index contributed by atoms with van der Waals surface area (Å²) >= 11 is 2.89. The minimum atomic E-state index is -0.354. The van der Waals surface area contributed by atoms with Gasteiger partial charge >= 0.3 is 0 Å². The summed E-state index contributed by atoms with van der Waals surface area (Å²) in [6.07, 6.45) is 2.06. The normalized spacial score (nSPS) is 14.5. The van der Waals surface area contributed by atoms with E-state index in [4.69, 9.17) is 14.3 Å². The molecule has 0 saturated carbocycles. The van der Waals surface area contributed by atoms with Gasteiger partial charge in [-0.15, -0.1) is 21.5 Å². The van der Waals surface area contributed by atoms with E-state index in [0.717, 1.165) is 38.7 Å². The number of aromatic nitrogens is 3. The van der Waals surface area contributed by atoms with Crippen LogP contribution in [0.2, 0.25) is 0 Å². The second-order valence-electron chi connectivity index (χ2n) is 10.2. The topological polar surface area (TPSA) is 115 Å². The zero-order valence-corrected chi connectivity index (χ0v) is 26.0. The number of furan rings is 1. The van der Waals surface area contributed by atoms with Gasteiger partial charge in [0, 0.05) is 6.42 Å². The molecule has 5 aromatic rings. The van der Waals surface area contributed by atoms with Gasteiger partial charge in [-0.25, -0.2) is 5.01 Å². The number of thiophene rings is 1. The van der Waals surface area contributed by atoms with Crippen molar-refractivity contribution in [3.8, 4) is 11.4 Å². The first-order chi connectivity index (χ1) is 21.4. The predicted molar refractivity (Wildman–Crippen MR) is 169 cm³/mol. The summed E-state index contributed by atoms with van der Waals surface area (Å²) in [6.45, 7) is 4.18. The van der Waals surface area contributed by atoms with Gasteiger partial charge in [0.25, 0.3) is 11.8 Å². The maximum absolute atomic E-state index is 13.8. The van der Waals surface area contributed by atoms with Crippen molar-refractivity contribution < 1.29 is 18.7 Å². The van der Waals surface area contributed by atoms with Crippen LogP contribution in [0.4, 0.5) is 0 Å². The Kier molecular flexibility index (Phi) is 8.62. The van der Waals surface area contributed by atoms with Gasteiger partial charge in [-0.05, 0) is 72.3 Å². The molecule has 0 saturated heterocycles. The van der Waals surface area contributed by atoms with Crippen molar-refractivity contribution in [2.45, 2.75) is 38.0 Å². The quantitative estimate of drug-likeness (QED) is 0.191. The number of hydrogen-bond donors (Lipinski definition) is 1. The average molecular weight is 627 g/mol. The molecule has 0 unspecified atom stereocenters. The van der Waals surface area contributed by atoms with Gasteiger partial charge in [0.2, 0.25) is 0 Å². The van der Waals surface area contributed by atoms with Gasteiger partial charge in [0.1, 0.15) is 5.75 Å². The van der Waals surface area contributed by atoms with Crippen molar-refractivity contribution in [1.29, 1.82) is 0 Å². The molecule has 1 aliphatic rings. The van der Waals surface area contributed by atoms with Crippen LogP contribution in [0.25, 0.3) is 5.69 Å². The van der Waals surface area contributed by atoms with Crippen LogP contribution in [-0.4, -0.2) is 50.2 Å². The molecular formula is C32H30N6O4S2. The first-order valence-electron chi connectivity index (χ1n) is 14.0. The maximum Gasteiger partial charge on any atom is 0.287 e. The SMILES string of the molecule is COc1ccc([C@H]2CC(c3cccs3)=NN2C(=O)CSc2nnc(CNC(=O)c3ccco3)n2-c2cccc(C)c2C)cc1. The zero-order valence-electron chi connectivity index (χ0n) is 24.4. The number of rotatable bonds is 10. The third-order valence-corrected chi connectivity index (χ3v) is 9.30. The van der Waals surface area contributed by atoms with Crippen molar-refractivity contribution in [2.24, 2.45) is 5.10 Å². The summed E-state index contributed by atoms with van der Waals surface area (Å²) in [5.74, 6) is 1.08. The van der Waals surface area contributed by atoms with Crippen LogP contribution in [0.3, 0.4) is 0 Å². The van der Waals surface area contributed by atoms with Gasteiger partial charge < -0.3 is 14.5 Å². The van der Waals surface area contributed by atoms with E-state index in [1.54, 1.807) is 35.6 Å². The number of aryl methyl sites for hydroxylation is 1. The van der Waals surface area contributed by atoms with E-state index >= 15 is 0 Å². The molecule has 0 fully saturated rings. The Hall–Kier alpha value is -4.68. The molecule has 4 heterocycles. The molecule has 6 rings (SSSR count). The van der Waals surface area contributed by atoms with Gasteiger partial charge in [0.15, 0.2) is 16.7 Å². The van der Waals surface area contributed by atoms with Gasteiger partial charge in [-0.3, -0.25) is 14.2 Å². The van der Waals surface area contributed by atoms with Crippen molar-refractivity contribution in [1.82, 2.24) is 25.1 Å². The van der Waals surface area contributed by atoms with Crippen LogP contribution < -0.4 is 10.1 Å². The number of benzene rings is 2. The lowest BCUT2D eigenvalue weighted by Crippen LogP contribution is -2.28. The summed E-state index contributed by atoms with van der Waals surface area (Å²) < 4.78 is 12.4. The fourth-order valence-electron chi connectivity index (χ4n) is 4.99. The molecular weight excluding hydrogens is 597 g/mol. The summed E-state index contributed by atoms with van der Waals surface area (Å²) in [5.41, 5.74) is 4.88. The first-order valence-corrected chi connectivity index (χ1v) is 15.8. The summed E-state index contributed by atoms with van der Waals surface area (Å²) in [7, 11) is 1.63. The highest BCUT2D eigenvalue weighted by Crippen LogP contribution is 2.35. The summed E-state index contributed by atoms with van der Waals surface area (Å²) in [4.78, 5) is 27.4. The van der Waals surface area contributed by atoms with E-state index in [-0.39, 0.29) is 35.9 Å². The zero-order chi connectivity index (χ0) is 30.6. The molecule has 2 aromatic carbocycles. The number of carbonyl (C=O) groups is 2. The number of nitrogens with one attached hydrogen (secondary N) is 1. The second-order valence-corrected chi connectivity index (χ2v) is 12.0. The average Bonchev–Trinajstić information content (AvgIpc) is 3.87. The molecule has 1 atom stereocenters. The number of methoxy groups -OCH3 is 1. The monoisotopic (exact) mass is 626 g/mol. The smallest absolute Gasteiger partial charge is 0.287 e. The van der Waals surface area contributed by atoms with E-state index < -0.39 is 0 Å². The second kappa shape index (κ2) is 12.9. The number of thioether (sulfide) groups is 1. The molecule has 224 valence electrons. The molecule has 0 bridgehead atoms. The number of amides is 2. The molecule has 2 amide bonds. The lowest BCUT2D eigenvalue weighted by Gasteiger charge is -2.22. The third kappa shape index (κ3) is 6.03. The standard InChI is InChI=1S/C32H30N6O4S2/c1-20-7-4-8-25(21(20)2)37-29(18-33-31(40)27-9-5-15-42-27)34-35-32(37)44-19-30(39)38-26(22-11-13-23(41-3)14-12-22)17-24(36-38)28-10-6-16-43-28/h4-16,26H,17-19H2,1-3H3,(H,33,40)/t26-/m1/s1. The van der Waals surface area contributed by atoms with Crippen LogP contribution in [0, 0.1) is 13.8 Å². The van der Waals surface area contributed by atoms with Crippen LogP contribution >= 0.6 is 23.1 Å². The molecule has 1 aliphatic heterocycles. The fraction of sp³-hybridized carbons (Fsp3) is 0.219. The first kappa shape index (κ1) is 29.4. The molecule has 3 aromatic heterocycles. The van der Waals surface area contributed by atoms with Gasteiger partial charge in [-0.1, -0.05) is 42.1 Å². The molecule has 12 heteroatoms. The third-order valence-electron chi connectivity index (χ3n) is 7.47. The Labute approximate surface area is 262 Å². The van der Waals surface area contributed by atoms with Crippen LogP contribution in [0.5, 0.6) is 5.75 Å². The lowest BCUT2D eigenvalue weighted by molar-refractivity contribution is -0.130. The molecule has 0 spiro atoms. The number of ether oxygens (including phenoxy) is 1. The van der Waals surface area contributed by atoms with E-state index in [9.17, 15) is 9.59 Å². The van der Waals surface area contributed by atoms with Crippen molar-refractivity contribution >= 4 is 40.6 Å². The predicted octanol–water partition coefficient (Wildman–Crippen LogP) is 5.95. The number of hydrogen-bond acceptors (Lipinski definition) is 9. The lowest BCUT2D eigenvalue weighted by atomic mass is 10.0. The highest BCUT2D eigenvalue weighted by Gasteiger charge is 2.34. The van der Waals surface area contributed by atoms with Crippen molar-refractivity contribution in [3.05, 3.63) is 112 Å². The molecule has 1 N–H and O–H groups in total. The highest BCUT2D eigenvalue weighted by atomic mass is 32.2. The Balaban J connectivity index is 1.26. The van der Waals surface area contributed by atoms with Gasteiger partial charge in [-0.2, -0.15) is 5.10 Å². The van der Waals surface area contributed by atoms with Crippen molar-refractivity contribution in [3.63, 3.8) is 0 Å². The van der Waals surface area contributed by atoms with Crippen LogP contribution in [0.15, 0.2) is 93.0 Å². The van der Waals surface area contributed by atoms with Crippen LogP contribution in [0.1, 0.15) is 50.4 Å². The summed E-state index contributed by atoms with van der Waals surface area (Å²) in [6, 6.07) is 20.8. The highest BCUT2D eigenvalue weighted by molar-refractivity contribution is 7.99. The molecule has 0 radical (unpaired) electrons. The van der Waals surface area contributed by atoms with Crippen LogP contribution in [-0.2, 0) is 11.3 Å². The van der Waals surface area contributed by atoms with Gasteiger partial charge in [0.05, 0.1) is 48.0 Å². The molecule has 10 nitrogen and oxygen atoms in total. The Morgan fingerprint density at radius 2 is 1.91 bits per heavy atom. The van der Waals surface area contributed by atoms with E-state index in [2.05, 4.69) is 15.5 Å². The minimum Gasteiger partial charge on any atom is -0.497 e. The number of hydrazone groups is 1. The fourth-order valence-corrected chi connectivity index (χ4v) is 6.53. The molecule has 44 heavy (non-hydrogen) atoms. The minimum absolute atomic E-state index is 0.0929. The Morgan fingerprint density at radius 3 is 2.64 bits per heavy atom. The number of nitrogens with zero attached hydrogens (tertiary/aromatic N) is 5. The van der Waals surface area contributed by atoms with E-state index in [1.165, 1.54) is 18.0 Å². The Bertz CT molecular complexity index is 1800. The maximum atomic E-state index is 13.8.